The Morgan fingerprint density at radius 2 is 1.83 bits per heavy atom. The number of ether oxygens (including phenoxy) is 1. The van der Waals surface area contributed by atoms with Gasteiger partial charge in [-0.2, -0.15) is 0 Å². The van der Waals surface area contributed by atoms with Gasteiger partial charge in [-0.15, -0.1) is 0 Å². The molecule has 0 saturated carbocycles. The van der Waals surface area contributed by atoms with Crippen molar-refractivity contribution in [3.05, 3.63) is 65.2 Å². The maximum Gasteiger partial charge on any atom is 0.257 e. The van der Waals surface area contributed by atoms with Crippen LogP contribution in [0.5, 0.6) is 5.75 Å². The summed E-state index contributed by atoms with van der Waals surface area (Å²) in [7, 11) is 0. The van der Waals surface area contributed by atoms with Crippen molar-refractivity contribution in [3.63, 3.8) is 0 Å². The van der Waals surface area contributed by atoms with E-state index >= 15 is 0 Å². The van der Waals surface area contributed by atoms with E-state index in [0.29, 0.717) is 6.54 Å². The van der Waals surface area contributed by atoms with E-state index in [2.05, 4.69) is 35.6 Å². The number of hydrogen-bond donors (Lipinski definition) is 1. The molecule has 0 aliphatic carbocycles. The third kappa shape index (κ3) is 6.15. The molecule has 0 atom stereocenters. The smallest absolute Gasteiger partial charge is 0.257 e. The molecule has 0 saturated heterocycles. The van der Waals surface area contributed by atoms with Crippen LogP contribution in [-0.4, -0.2) is 19.1 Å². The lowest BCUT2D eigenvalue weighted by molar-refractivity contribution is -0.123. The summed E-state index contributed by atoms with van der Waals surface area (Å²) >= 11 is 0. The summed E-state index contributed by atoms with van der Waals surface area (Å²) in [6.45, 7) is 4.80. The molecule has 1 N–H and O–H groups in total. The summed E-state index contributed by atoms with van der Waals surface area (Å²) in [5, 5.41) is 2.91. The van der Waals surface area contributed by atoms with Crippen LogP contribution in [0.15, 0.2) is 48.5 Å². The predicted octanol–water partition coefficient (Wildman–Crippen LogP) is 3.82. The van der Waals surface area contributed by atoms with Crippen LogP contribution in [0, 0.1) is 13.8 Å². The molecule has 0 fully saturated rings. The molecule has 2 aromatic rings. The van der Waals surface area contributed by atoms with Crippen molar-refractivity contribution in [1.29, 1.82) is 0 Å². The number of nitrogens with one attached hydrogen (secondary N) is 1. The Labute approximate surface area is 138 Å². The van der Waals surface area contributed by atoms with Gasteiger partial charge in [0.25, 0.3) is 5.91 Å². The van der Waals surface area contributed by atoms with E-state index in [1.54, 1.807) is 0 Å². The Kier molecular flexibility index (Phi) is 6.67. The number of amides is 1. The Balaban J connectivity index is 1.60. The van der Waals surface area contributed by atoms with Crippen LogP contribution in [0.25, 0.3) is 0 Å². The molecule has 0 heterocycles. The molecular weight excluding hydrogens is 286 g/mol. The second-order valence-electron chi connectivity index (χ2n) is 5.85. The highest BCUT2D eigenvalue weighted by atomic mass is 16.5. The van der Waals surface area contributed by atoms with Crippen molar-refractivity contribution in [2.75, 3.05) is 13.2 Å². The number of benzene rings is 2. The Bertz CT molecular complexity index is 623. The average Bonchev–Trinajstić information content (AvgIpc) is 2.54. The lowest BCUT2D eigenvalue weighted by Crippen LogP contribution is -2.29. The van der Waals surface area contributed by atoms with E-state index in [9.17, 15) is 4.79 Å². The summed E-state index contributed by atoms with van der Waals surface area (Å²) in [5.74, 6) is 0.708. The number of hydrogen-bond acceptors (Lipinski definition) is 2. The molecular formula is C20H25NO2. The number of rotatable bonds is 8. The van der Waals surface area contributed by atoms with Gasteiger partial charge in [0.15, 0.2) is 6.61 Å². The Morgan fingerprint density at radius 1 is 1.04 bits per heavy atom. The first-order valence-electron chi connectivity index (χ1n) is 8.16. The van der Waals surface area contributed by atoms with Crippen LogP contribution in [0.1, 0.15) is 29.5 Å². The van der Waals surface area contributed by atoms with E-state index in [1.165, 1.54) is 11.1 Å². The molecule has 3 heteroatoms. The zero-order chi connectivity index (χ0) is 16.5. The number of carbonyl (C=O) groups is 1. The molecule has 0 aliphatic rings. The summed E-state index contributed by atoms with van der Waals surface area (Å²) in [6, 6.07) is 16.4. The largest absolute Gasteiger partial charge is 0.484 e. The summed E-state index contributed by atoms with van der Waals surface area (Å²) in [4.78, 5) is 11.8. The third-order valence-electron chi connectivity index (χ3n) is 3.75. The monoisotopic (exact) mass is 311 g/mol. The molecule has 0 spiro atoms. The number of aryl methyl sites for hydroxylation is 3. The Morgan fingerprint density at radius 3 is 2.57 bits per heavy atom. The van der Waals surface area contributed by atoms with E-state index in [0.717, 1.165) is 30.6 Å². The minimum absolute atomic E-state index is 0.0651. The predicted molar refractivity (Wildman–Crippen MR) is 93.8 cm³/mol. The summed E-state index contributed by atoms with van der Waals surface area (Å²) in [5.41, 5.74) is 3.59. The van der Waals surface area contributed by atoms with Crippen molar-refractivity contribution in [3.8, 4) is 5.75 Å². The normalized spacial score (nSPS) is 10.3. The first-order valence-corrected chi connectivity index (χ1v) is 8.16. The van der Waals surface area contributed by atoms with Crippen LogP contribution in [-0.2, 0) is 11.2 Å². The molecule has 0 aromatic heterocycles. The molecule has 23 heavy (non-hydrogen) atoms. The SMILES string of the molecule is Cc1ccc(OCC(=O)NCCCCc2ccccc2)c(C)c1. The van der Waals surface area contributed by atoms with Crippen LogP contribution < -0.4 is 10.1 Å². The van der Waals surface area contributed by atoms with Gasteiger partial charge >= 0.3 is 0 Å². The van der Waals surface area contributed by atoms with E-state index in [-0.39, 0.29) is 12.5 Å². The van der Waals surface area contributed by atoms with Gasteiger partial charge in [0.2, 0.25) is 0 Å². The van der Waals surface area contributed by atoms with Gasteiger partial charge in [0, 0.05) is 6.54 Å². The van der Waals surface area contributed by atoms with Crippen LogP contribution >= 0.6 is 0 Å². The molecule has 3 nitrogen and oxygen atoms in total. The zero-order valence-electron chi connectivity index (χ0n) is 14.0. The third-order valence-corrected chi connectivity index (χ3v) is 3.75. The van der Waals surface area contributed by atoms with Gasteiger partial charge in [0.1, 0.15) is 5.75 Å². The average molecular weight is 311 g/mol. The molecule has 2 rings (SSSR count). The molecule has 0 radical (unpaired) electrons. The van der Waals surface area contributed by atoms with Crippen molar-refractivity contribution in [1.82, 2.24) is 5.32 Å². The van der Waals surface area contributed by atoms with Gasteiger partial charge < -0.3 is 10.1 Å². The molecule has 0 unspecified atom stereocenters. The highest BCUT2D eigenvalue weighted by molar-refractivity contribution is 5.77. The maximum atomic E-state index is 11.8. The van der Waals surface area contributed by atoms with Gasteiger partial charge in [-0.1, -0.05) is 48.0 Å². The topological polar surface area (TPSA) is 38.3 Å². The minimum Gasteiger partial charge on any atom is -0.484 e. The second-order valence-corrected chi connectivity index (χ2v) is 5.85. The van der Waals surface area contributed by atoms with Gasteiger partial charge in [0.05, 0.1) is 0 Å². The fraction of sp³-hybridized carbons (Fsp3) is 0.350. The van der Waals surface area contributed by atoms with Gasteiger partial charge in [-0.05, 0) is 50.3 Å². The zero-order valence-corrected chi connectivity index (χ0v) is 14.0. The van der Waals surface area contributed by atoms with Crippen LogP contribution in [0.4, 0.5) is 0 Å². The van der Waals surface area contributed by atoms with Crippen LogP contribution in [0.3, 0.4) is 0 Å². The van der Waals surface area contributed by atoms with Crippen molar-refractivity contribution >= 4 is 5.91 Å². The minimum atomic E-state index is -0.0651. The van der Waals surface area contributed by atoms with Crippen molar-refractivity contribution in [2.45, 2.75) is 33.1 Å². The number of unbranched alkanes of at least 4 members (excludes halogenated alkanes) is 1. The van der Waals surface area contributed by atoms with Crippen molar-refractivity contribution in [2.24, 2.45) is 0 Å². The van der Waals surface area contributed by atoms with Crippen molar-refractivity contribution < 1.29 is 9.53 Å². The molecule has 0 aliphatic heterocycles. The van der Waals surface area contributed by atoms with Gasteiger partial charge in [-0.25, -0.2) is 0 Å². The van der Waals surface area contributed by atoms with E-state index < -0.39 is 0 Å². The molecule has 1 amide bonds. The molecule has 2 aromatic carbocycles. The van der Waals surface area contributed by atoms with Crippen LogP contribution in [0.2, 0.25) is 0 Å². The molecule has 122 valence electrons. The lowest BCUT2D eigenvalue weighted by atomic mass is 10.1. The van der Waals surface area contributed by atoms with Gasteiger partial charge in [-0.3, -0.25) is 4.79 Å². The standard InChI is InChI=1S/C20H25NO2/c1-16-11-12-19(17(2)14-16)23-15-20(22)21-13-7-6-10-18-8-4-3-5-9-18/h3-5,8-9,11-12,14H,6-7,10,13,15H2,1-2H3,(H,21,22). The maximum absolute atomic E-state index is 11.8. The quantitative estimate of drug-likeness (QED) is 0.753. The highest BCUT2D eigenvalue weighted by Gasteiger charge is 2.04. The first-order chi connectivity index (χ1) is 11.1. The fourth-order valence-electron chi connectivity index (χ4n) is 2.48. The number of carbonyl (C=O) groups excluding carboxylic acids is 1. The molecule has 0 bridgehead atoms. The first kappa shape index (κ1) is 17.1. The summed E-state index contributed by atoms with van der Waals surface area (Å²) in [6.07, 6.45) is 3.10. The van der Waals surface area contributed by atoms with E-state index in [4.69, 9.17) is 4.74 Å². The van der Waals surface area contributed by atoms with E-state index in [1.807, 2.05) is 32.0 Å². The second kappa shape index (κ2) is 8.99. The fourth-order valence-corrected chi connectivity index (χ4v) is 2.48. The lowest BCUT2D eigenvalue weighted by Gasteiger charge is -2.10. The Hall–Kier alpha value is -2.29. The highest BCUT2D eigenvalue weighted by Crippen LogP contribution is 2.18. The summed E-state index contributed by atoms with van der Waals surface area (Å²) < 4.78 is 5.57.